The molecule has 12 rings (SSSR count). The summed E-state index contributed by atoms with van der Waals surface area (Å²) in [6, 6.07) is 51.3. The zero-order valence-corrected chi connectivity index (χ0v) is 42.7. The van der Waals surface area contributed by atoms with Crippen molar-refractivity contribution < 1.29 is 0 Å². The first-order valence-electron chi connectivity index (χ1n) is 25.8. The van der Waals surface area contributed by atoms with E-state index in [9.17, 15) is 0 Å². The standard InChI is InChI=1S/C66H70N2/c1-62(2,3)45-24-29-51-54-37-60(67(46-25-22-41-16-14-18-43(41)32-46)48-27-30-56-58(35-48)65(8,9)39-63(56,4)5)52-21-13-12-20-50(52)53(54)38-61(55(51)34-45)68(47-26-23-42-17-15-19-44(42)33-47)49-28-31-57-59(36-49)66(10,11)40-64(57,6)7/h12-13,20-38H,14-19,39-40H2,1-11H3. The van der Waals surface area contributed by atoms with Gasteiger partial charge in [0.1, 0.15) is 0 Å². The van der Waals surface area contributed by atoms with Gasteiger partial charge in [0.2, 0.25) is 0 Å². The van der Waals surface area contributed by atoms with E-state index in [-0.39, 0.29) is 27.1 Å². The van der Waals surface area contributed by atoms with E-state index in [1.54, 1.807) is 0 Å². The van der Waals surface area contributed by atoms with Crippen LogP contribution < -0.4 is 9.80 Å². The van der Waals surface area contributed by atoms with Crippen LogP contribution >= 0.6 is 0 Å². The minimum atomic E-state index is -0.0309. The molecule has 0 bridgehead atoms. The van der Waals surface area contributed by atoms with Crippen molar-refractivity contribution >= 4 is 66.4 Å². The summed E-state index contributed by atoms with van der Waals surface area (Å²) < 4.78 is 0. The van der Waals surface area contributed by atoms with E-state index in [0.29, 0.717) is 0 Å². The lowest BCUT2D eigenvalue weighted by Gasteiger charge is -2.32. The molecule has 2 heteroatoms. The molecule has 0 unspecified atom stereocenters. The van der Waals surface area contributed by atoms with Crippen molar-refractivity contribution in [3.63, 3.8) is 0 Å². The third-order valence-electron chi connectivity index (χ3n) is 17.2. The van der Waals surface area contributed by atoms with Gasteiger partial charge in [0, 0.05) is 33.5 Å². The van der Waals surface area contributed by atoms with E-state index in [1.807, 2.05) is 0 Å². The van der Waals surface area contributed by atoms with Crippen LogP contribution in [0.5, 0.6) is 0 Å². The largest absolute Gasteiger partial charge is 0.310 e. The summed E-state index contributed by atoms with van der Waals surface area (Å²) >= 11 is 0. The molecule has 0 atom stereocenters. The fourth-order valence-electron chi connectivity index (χ4n) is 14.3. The smallest absolute Gasteiger partial charge is 0.0546 e. The second kappa shape index (κ2) is 14.8. The molecule has 0 aromatic heterocycles. The molecule has 0 N–H and O–H groups in total. The third-order valence-corrected chi connectivity index (χ3v) is 17.2. The average molecular weight is 891 g/mol. The Morgan fingerprint density at radius 1 is 0.353 bits per heavy atom. The van der Waals surface area contributed by atoms with Gasteiger partial charge in [-0.1, -0.05) is 137 Å². The molecule has 0 aliphatic heterocycles. The van der Waals surface area contributed by atoms with E-state index in [1.165, 1.54) is 142 Å². The molecule has 0 fully saturated rings. The Labute approximate surface area is 406 Å². The van der Waals surface area contributed by atoms with Crippen molar-refractivity contribution in [2.45, 2.75) is 155 Å². The Balaban J connectivity index is 1.16. The second-order valence-electron chi connectivity index (χ2n) is 25.1. The fourth-order valence-corrected chi connectivity index (χ4v) is 14.3. The molecule has 0 heterocycles. The van der Waals surface area contributed by atoms with Gasteiger partial charge < -0.3 is 9.80 Å². The van der Waals surface area contributed by atoms with Gasteiger partial charge in [0.15, 0.2) is 0 Å². The number of anilines is 6. The Morgan fingerprint density at radius 2 is 0.765 bits per heavy atom. The monoisotopic (exact) mass is 891 g/mol. The van der Waals surface area contributed by atoms with Gasteiger partial charge in [0.05, 0.1) is 11.4 Å². The molecule has 8 aromatic carbocycles. The van der Waals surface area contributed by atoms with Crippen LogP contribution in [0.1, 0.15) is 152 Å². The highest BCUT2D eigenvalue weighted by Crippen LogP contribution is 2.55. The molecule has 4 aliphatic carbocycles. The number of rotatable bonds is 6. The lowest BCUT2D eigenvalue weighted by atomic mass is 9.82. The van der Waals surface area contributed by atoms with Crippen LogP contribution in [0.15, 0.2) is 127 Å². The van der Waals surface area contributed by atoms with E-state index < -0.39 is 0 Å². The predicted octanol–water partition coefficient (Wildman–Crippen LogP) is 18.3. The summed E-state index contributed by atoms with van der Waals surface area (Å²) in [5, 5.41) is 7.70. The second-order valence-corrected chi connectivity index (χ2v) is 25.1. The van der Waals surface area contributed by atoms with Crippen molar-refractivity contribution in [1.29, 1.82) is 0 Å². The van der Waals surface area contributed by atoms with E-state index in [2.05, 4.69) is 213 Å². The molecule has 0 saturated carbocycles. The van der Waals surface area contributed by atoms with Crippen molar-refractivity contribution in [3.8, 4) is 0 Å². The number of hydrogen-bond acceptors (Lipinski definition) is 2. The Bertz CT molecular complexity index is 3400. The van der Waals surface area contributed by atoms with Gasteiger partial charge in [-0.05, 0) is 217 Å². The highest BCUT2D eigenvalue weighted by molar-refractivity contribution is 6.24. The molecule has 2 nitrogen and oxygen atoms in total. The Kier molecular flexibility index (Phi) is 9.47. The number of aryl methyl sites for hydroxylation is 4. The van der Waals surface area contributed by atoms with Gasteiger partial charge in [-0.2, -0.15) is 0 Å². The normalized spacial score (nSPS) is 18.2. The SMILES string of the molecule is CC(C)(C)c1ccc2c(c1)c(N(c1ccc3c(c1)CCC3)c1ccc3c(c1)C(C)(C)CC3(C)C)cc1c3ccccc3c(N(c3ccc4c(c3)CCC4)c3ccc4c(c3)C(C)(C)CC4(C)C)cc21. The number of nitrogens with zero attached hydrogens (tertiary/aromatic N) is 2. The van der Waals surface area contributed by atoms with Crippen LogP contribution in [0.2, 0.25) is 0 Å². The van der Waals surface area contributed by atoms with Gasteiger partial charge in [-0.25, -0.2) is 0 Å². The highest BCUT2D eigenvalue weighted by Gasteiger charge is 2.43. The summed E-state index contributed by atoms with van der Waals surface area (Å²) in [4.78, 5) is 5.23. The van der Waals surface area contributed by atoms with Gasteiger partial charge in [0.25, 0.3) is 0 Å². The zero-order valence-electron chi connectivity index (χ0n) is 42.7. The van der Waals surface area contributed by atoms with Crippen LogP contribution in [-0.2, 0) is 52.8 Å². The molecule has 0 radical (unpaired) electrons. The number of fused-ring (bicyclic) bond motifs is 9. The van der Waals surface area contributed by atoms with Crippen LogP contribution in [0.4, 0.5) is 34.1 Å². The average Bonchev–Trinajstić information content (AvgIpc) is 4.05. The predicted molar refractivity (Wildman–Crippen MR) is 292 cm³/mol. The molecular formula is C66H70N2. The van der Waals surface area contributed by atoms with E-state index in [0.717, 1.165) is 25.7 Å². The summed E-state index contributed by atoms with van der Waals surface area (Å²) in [6.07, 6.45) is 9.37. The number of hydrogen-bond donors (Lipinski definition) is 0. The van der Waals surface area contributed by atoms with E-state index in [4.69, 9.17) is 0 Å². The first kappa shape index (κ1) is 43.4. The highest BCUT2D eigenvalue weighted by atomic mass is 15.2. The molecule has 0 amide bonds. The molecule has 0 spiro atoms. The third kappa shape index (κ3) is 6.78. The van der Waals surface area contributed by atoms with Crippen LogP contribution in [0.3, 0.4) is 0 Å². The minimum Gasteiger partial charge on any atom is -0.310 e. The van der Waals surface area contributed by atoms with Crippen molar-refractivity contribution in [2.24, 2.45) is 0 Å². The van der Waals surface area contributed by atoms with Crippen molar-refractivity contribution in [1.82, 2.24) is 0 Å². The molecule has 344 valence electrons. The molecule has 8 aromatic rings. The Hall–Kier alpha value is -5.86. The topological polar surface area (TPSA) is 6.48 Å². The summed E-state index contributed by atoms with van der Waals surface area (Å²) in [5.41, 5.74) is 21.1. The maximum absolute atomic E-state index is 2.63. The fraction of sp³-hybridized carbons (Fsp3) is 0.364. The Morgan fingerprint density at radius 3 is 1.26 bits per heavy atom. The molecule has 0 saturated heterocycles. The van der Waals surface area contributed by atoms with Crippen molar-refractivity contribution in [2.75, 3.05) is 9.80 Å². The lowest BCUT2D eigenvalue weighted by Crippen LogP contribution is -2.18. The maximum atomic E-state index is 2.63. The maximum Gasteiger partial charge on any atom is 0.0546 e. The lowest BCUT2D eigenvalue weighted by molar-refractivity contribution is 0.402. The van der Waals surface area contributed by atoms with Gasteiger partial charge in [-0.3, -0.25) is 0 Å². The zero-order chi connectivity index (χ0) is 47.3. The first-order valence-corrected chi connectivity index (χ1v) is 25.8. The van der Waals surface area contributed by atoms with E-state index >= 15 is 0 Å². The van der Waals surface area contributed by atoms with Gasteiger partial charge >= 0.3 is 0 Å². The minimum absolute atomic E-state index is 0.0309. The van der Waals surface area contributed by atoms with Gasteiger partial charge in [-0.15, -0.1) is 0 Å². The van der Waals surface area contributed by atoms with Crippen molar-refractivity contribution in [3.05, 3.63) is 177 Å². The summed E-state index contributed by atoms with van der Waals surface area (Å²) in [6.45, 7) is 26.6. The summed E-state index contributed by atoms with van der Waals surface area (Å²) in [7, 11) is 0. The molecule has 68 heavy (non-hydrogen) atoms. The summed E-state index contributed by atoms with van der Waals surface area (Å²) in [5.74, 6) is 0. The molecular weight excluding hydrogens is 821 g/mol. The quantitative estimate of drug-likeness (QED) is 0.154. The van der Waals surface area contributed by atoms with Crippen LogP contribution in [0, 0.1) is 0 Å². The first-order chi connectivity index (χ1) is 32.3. The van der Waals surface area contributed by atoms with Crippen LogP contribution in [-0.4, -0.2) is 0 Å². The molecule has 4 aliphatic rings. The van der Waals surface area contributed by atoms with Crippen LogP contribution in [0.25, 0.3) is 32.3 Å². The number of benzene rings is 8.